The summed E-state index contributed by atoms with van der Waals surface area (Å²) in [7, 11) is 0. The summed E-state index contributed by atoms with van der Waals surface area (Å²) in [5.41, 5.74) is 1.68. The summed E-state index contributed by atoms with van der Waals surface area (Å²) >= 11 is 1.36. The molecule has 1 aromatic heterocycles. The predicted octanol–water partition coefficient (Wildman–Crippen LogP) is 3.25. The summed E-state index contributed by atoms with van der Waals surface area (Å²) in [5.74, 6) is -1.88. The van der Waals surface area contributed by atoms with Crippen molar-refractivity contribution in [1.82, 2.24) is 5.32 Å². The van der Waals surface area contributed by atoms with Gasteiger partial charge in [0.05, 0.1) is 16.8 Å². The number of hydrogen-bond donors (Lipinski definition) is 2. The zero-order valence-corrected chi connectivity index (χ0v) is 12.7. The van der Waals surface area contributed by atoms with Gasteiger partial charge in [0.1, 0.15) is 0 Å². The van der Waals surface area contributed by atoms with E-state index in [9.17, 15) is 14.7 Å². The molecule has 2 atom stereocenters. The number of hydrogen-bond acceptors (Lipinski definition) is 3. The molecule has 0 saturated heterocycles. The van der Waals surface area contributed by atoms with E-state index in [1.54, 1.807) is 6.92 Å². The second-order valence-corrected chi connectivity index (χ2v) is 5.84. The Morgan fingerprint density at radius 1 is 1.19 bits per heavy atom. The van der Waals surface area contributed by atoms with E-state index in [1.807, 2.05) is 48.7 Å². The quantitative estimate of drug-likeness (QED) is 0.891. The first-order chi connectivity index (χ1) is 10.0. The molecule has 2 N–H and O–H groups in total. The Morgan fingerprint density at radius 2 is 1.86 bits per heavy atom. The minimum Gasteiger partial charge on any atom is -0.481 e. The summed E-state index contributed by atoms with van der Waals surface area (Å²) in [5, 5.41) is 14.0. The fourth-order valence-corrected chi connectivity index (χ4v) is 2.94. The zero-order valence-electron chi connectivity index (χ0n) is 11.9. The molecule has 1 amide bonds. The second kappa shape index (κ2) is 6.54. The van der Waals surface area contributed by atoms with Crippen LogP contribution in [0.2, 0.25) is 0 Å². The van der Waals surface area contributed by atoms with Gasteiger partial charge in [-0.1, -0.05) is 30.3 Å². The lowest BCUT2D eigenvalue weighted by Gasteiger charge is -2.22. The molecule has 0 radical (unpaired) electrons. The third kappa shape index (κ3) is 3.49. The zero-order chi connectivity index (χ0) is 15.4. The van der Waals surface area contributed by atoms with E-state index in [-0.39, 0.29) is 5.91 Å². The Hall–Kier alpha value is -2.14. The van der Waals surface area contributed by atoms with Crippen LogP contribution in [0.25, 0.3) is 0 Å². The molecule has 2 aromatic rings. The van der Waals surface area contributed by atoms with Crippen molar-refractivity contribution in [2.24, 2.45) is 5.92 Å². The van der Waals surface area contributed by atoms with E-state index in [0.717, 1.165) is 11.1 Å². The van der Waals surface area contributed by atoms with Gasteiger partial charge in [-0.25, -0.2) is 0 Å². The fraction of sp³-hybridized carbons (Fsp3) is 0.250. The van der Waals surface area contributed by atoms with Crippen LogP contribution in [0.3, 0.4) is 0 Å². The highest BCUT2D eigenvalue weighted by atomic mass is 32.1. The van der Waals surface area contributed by atoms with Crippen LogP contribution >= 0.6 is 11.3 Å². The van der Waals surface area contributed by atoms with Gasteiger partial charge >= 0.3 is 5.97 Å². The molecule has 0 aliphatic rings. The highest BCUT2D eigenvalue weighted by molar-refractivity contribution is 7.12. The minimum absolute atomic E-state index is 0.232. The lowest BCUT2D eigenvalue weighted by atomic mass is 9.94. The van der Waals surface area contributed by atoms with E-state index in [1.165, 1.54) is 11.3 Å². The van der Waals surface area contributed by atoms with Crippen LogP contribution in [0, 0.1) is 12.8 Å². The second-order valence-electron chi connectivity index (χ2n) is 4.92. The number of aliphatic carboxylic acids is 1. The van der Waals surface area contributed by atoms with Crippen LogP contribution in [0.15, 0.2) is 41.8 Å². The molecule has 1 heterocycles. The molecule has 0 saturated carbocycles. The van der Waals surface area contributed by atoms with Gasteiger partial charge in [0.15, 0.2) is 0 Å². The van der Waals surface area contributed by atoms with Gasteiger partial charge in [0.2, 0.25) is 0 Å². The van der Waals surface area contributed by atoms with Gasteiger partial charge in [0.25, 0.3) is 5.91 Å². The van der Waals surface area contributed by atoms with Crippen molar-refractivity contribution in [3.8, 4) is 0 Å². The summed E-state index contributed by atoms with van der Waals surface area (Å²) in [6.45, 7) is 3.46. The van der Waals surface area contributed by atoms with Gasteiger partial charge in [-0.2, -0.15) is 0 Å². The summed E-state index contributed by atoms with van der Waals surface area (Å²) in [6.07, 6.45) is 0. The molecule has 1 aromatic carbocycles. The summed E-state index contributed by atoms with van der Waals surface area (Å²) in [6, 6.07) is 10.5. The molecular formula is C16H17NO3S. The molecule has 0 spiro atoms. The van der Waals surface area contributed by atoms with E-state index in [4.69, 9.17) is 0 Å². The van der Waals surface area contributed by atoms with Crippen LogP contribution in [0.4, 0.5) is 0 Å². The number of thiophene rings is 1. The molecule has 21 heavy (non-hydrogen) atoms. The normalized spacial score (nSPS) is 13.4. The smallest absolute Gasteiger partial charge is 0.308 e. The molecule has 2 rings (SSSR count). The van der Waals surface area contributed by atoms with Crippen LogP contribution in [-0.2, 0) is 4.79 Å². The Balaban J connectivity index is 2.27. The number of carboxylic acids is 1. The van der Waals surface area contributed by atoms with Gasteiger partial charge in [-0.15, -0.1) is 11.3 Å². The highest BCUT2D eigenvalue weighted by Crippen LogP contribution is 2.24. The third-order valence-electron chi connectivity index (χ3n) is 3.40. The fourth-order valence-electron chi connectivity index (χ4n) is 2.11. The van der Waals surface area contributed by atoms with E-state index < -0.39 is 17.9 Å². The maximum absolute atomic E-state index is 12.3. The van der Waals surface area contributed by atoms with Gasteiger partial charge < -0.3 is 10.4 Å². The number of carboxylic acid groups (broad SMARTS) is 1. The van der Waals surface area contributed by atoms with E-state index in [0.29, 0.717) is 4.88 Å². The average Bonchev–Trinajstić information content (AvgIpc) is 2.91. The molecular weight excluding hydrogens is 286 g/mol. The van der Waals surface area contributed by atoms with Crippen molar-refractivity contribution in [3.05, 3.63) is 57.8 Å². The highest BCUT2D eigenvalue weighted by Gasteiger charge is 2.27. The molecule has 110 valence electrons. The Kier molecular flexibility index (Phi) is 4.75. The number of benzene rings is 1. The van der Waals surface area contributed by atoms with Crippen LogP contribution < -0.4 is 5.32 Å². The first kappa shape index (κ1) is 15.3. The number of aryl methyl sites for hydroxylation is 1. The van der Waals surface area contributed by atoms with Crippen molar-refractivity contribution in [3.63, 3.8) is 0 Å². The SMILES string of the molecule is Cc1ccsc1C(=O)NC(c1ccccc1)C(C)C(=O)O. The number of carbonyl (C=O) groups excluding carboxylic acids is 1. The minimum atomic E-state index is -0.938. The number of carbonyl (C=O) groups is 2. The largest absolute Gasteiger partial charge is 0.481 e. The lowest BCUT2D eigenvalue weighted by molar-refractivity contribution is -0.142. The average molecular weight is 303 g/mol. The van der Waals surface area contributed by atoms with Gasteiger partial charge in [-0.3, -0.25) is 9.59 Å². The van der Waals surface area contributed by atoms with Crippen molar-refractivity contribution in [1.29, 1.82) is 0 Å². The monoisotopic (exact) mass is 303 g/mol. The van der Waals surface area contributed by atoms with Crippen molar-refractivity contribution < 1.29 is 14.7 Å². The van der Waals surface area contributed by atoms with Crippen molar-refractivity contribution >= 4 is 23.2 Å². The van der Waals surface area contributed by atoms with Crippen LogP contribution in [-0.4, -0.2) is 17.0 Å². The molecule has 5 heteroatoms. The van der Waals surface area contributed by atoms with Gasteiger partial charge in [-0.05, 0) is 36.4 Å². The Labute approximate surface area is 127 Å². The van der Waals surface area contributed by atoms with E-state index in [2.05, 4.69) is 5.32 Å². The summed E-state index contributed by atoms with van der Waals surface area (Å²) < 4.78 is 0. The standard InChI is InChI=1S/C16H17NO3S/c1-10-8-9-21-14(10)15(18)17-13(11(2)16(19)20)12-6-4-3-5-7-12/h3-9,11,13H,1-2H3,(H,17,18)(H,19,20). The van der Waals surface area contributed by atoms with Crippen molar-refractivity contribution in [2.75, 3.05) is 0 Å². The first-order valence-corrected chi connectivity index (χ1v) is 7.51. The molecule has 0 aliphatic carbocycles. The van der Waals surface area contributed by atoms with Crippen LogP contribution in [0.5, 0.6) is 0 Å². The first-order valence-electron chi connectivity index (χ1n) is 6.63. The van der Waals surface area contributed by atoms with Crippen molar-refractivity contribution in [2.45, 2.75) is 19.9 Å². The van der Waals surface area contributed by atoms with E-state index >= 15 is 0 Å². The molecule has 0 bridgehead atoms. The number of amides is 1. The molecule has 0 fully saturated rings. The predicted molar refractivity (Wildman–Crippen MR) is 82.5 cm³/mol. The number of nitrogens with one attached hydrogen (secondary N) is 1. The maximum Gasteiger partial charge on any atom is 0.308 e. The Bertz CT molecular complexity index is 636. The maximum atomic E-state index is 12.3. The third-order valence-corrected chi connectivity index (χ3v) is 4.42. The topological polar surface area (TPSA) is 66.4 Å². The lowest BCUT2D eigenvalue weighted by Crippen LogP contribution is -2.35. The molecule has 2 unspecified atom stereocenters. The van der Waals surface area contributed by atoms with Gasteiger partial charge in [0, 0.05) is 0 Å². The molecule has 4 nitrogen and oxygen atoms in total. The number of rotatable bonds is 5. The van der Waals surface area contributed by atoms with Crippen LogP contribution in [0.1, 0.15) is 33.8 Å². The molecule has 0 aliphatic heterocycles. The summed E-state index contributed by atoms with van der Waals surface area (Å²) in [4.78, 5) is 24.3. The Morgan fingerprint density at radius 3 is 2.38 bits per heavy atom.